The summed E-state index contributed by atoms with van der Waals surface area (Å²) in [7, 11) is 0. The van der Waals surface area contributed by atoms with Gasteiger partial charge in [-0.15, -0.1) is 0 Å². The molecule has 8 nitrogen and oxygen atoms in total. The van der Waals surface area contributed by atoms with Crippen molar-refractivity contribution in [2.24, 2.45) is 5.92 Å². The molecule has 1 aliphatic heterocycles. The number of nitro benzene ring substituents is 1. The number of piperidine rings is 1. The number of amides is 2. The van der Waals surface area contributed by atoms with Crippen molar-refractivity contribution in [3.8, 4) is 5.75 Å². The van der Waals surface area contributed by atoms with Crippen LogP contribution in [0, 0.1) is 16.0 Å². The van der Waals surface area contributed by atoms with Gasteiger partial charge >= 0.3 is 5.69 Å². The van der Waals surface area contributed by atoms with Gasteiger partial charge in [-0.05, 0) is 37.1 Å². The van der Waals surface area contributed by atoms with Crippen molar-refractivity contribution in [3.63, 3.8) is 0 Å². The molecule has 0 aliphatic carbocycles. The standard InChI is InChI=1S/C20H20ClN3O5/c21-15-6-7-18(17(12-15)24(27)28)29-13-19(25)23-10-8-14(9-11-23)20(26)22-16-4-2-1-3-5-16/h1-7,12,14H,8-11,13H2,(H,22,26). The molecule has 2 aromatic carbocycles. The number of nitrogens with one attached hydrogen (secondary N) is 1. The summed E-state index contributed by atoms with van der Waals surface area (Å²) >= 11 is 5.77. The highest BCUT2D eigenvalue weighted by atomic mass is 35.5. The number of nitrogens with zero attached hydrogens (tertiary/aromatic N) is 2. The Morgan fingerprint density at radius 3 is 2.52 bits per heavy atom. The lowest BCUT2D eigenvalue weighted by molar-refractivity contribution is -0.385. The topological polar surface area (TPSA) is 102 Å². The summed E-state index contributed by atoms with van der Waals surface area (Å²) in [4.78, 5) is 36.8. The highest BCUT2D eigenvalue weighted by Crippen LogP contribution is 2.30. The van der Waals surface area contributed by atoms with Crippen LogP contribution < -0.4 is 10.1 Å². The second kappa shape index (κ2) is 9.38. The molecule has 1 aliphatic rings. The maximum absolute atomic E-state index is 12.4. The van der Waals surface area contributed by atoms with Crippen LogP contribution in [0.4, 0.5) is 11.4 Å². The van der Waals surface area contributed by atoms with Crippen molar-refractivity contribution in [1.82, 2.24) is 4.90 Å². The number of anilines is 1. The lowest BCUT2D eigenvalue weighted by atomic mass is 9.95. The number of carbonyl (C=O) groups excluding carboxylic acids is 2. The molecule has 2 aromatic rings. The van der Waals surface area contributed by atoms with Gasteiger partial charge in [0.2, 0.25) is 5.91 Å². The first-order chi connectivity index (χ1) is 13.9. The molecule has 3 rings (SSSR count). The molecule has 0 radical (unpaired) electrons. The monoisotopic (exact) mass is 417 g/mol. The van der Waals surface area contributed by atoms with Gasteiger partial charge in [-0.25, -0.2) is 0 Å². The van der Waals surface area contributed by atoms with Gasteiger partial charge in [0.05, 0.1) is 4.92 Å². The van der Waals surface area contributed by atoms with Crippen LogP contribution >= 0.6 is 11.6 Å². The minimum absolute atomic E-state index is 0.00938. The average Bonchev–Trinajstić information content (AvgIpc) is 2.73. The second-order valence-corrected chi connectivity index (χ2v) is 7.10. The number of carbonyl (C=O) groups is 2. The highest BCUT2D eigenvalue weighted by Gasteiger charge is 2.28. The molecule has 0 unspecified atom stereocenters. The summed E-state index contributed by atoms with van der Waals surface area (Å²) in [5.41, 5.74) is 0.454. The zero-order valence-corrected chi connectivity index (χ0v) is 16.3. The molecule has 0 spiro atoms. The van der Waals surface area contributed by atoms with E-state index in [1.54, 1.807) is 4.90 Å². The van der Waals surface area contributed by atoms with Gasteiger partial charge in [-0.2, -0.15) is 0 Å². The van der Waals surface area contributed by atoms with Crippen molar-refractivity contribution in [1.29, 1.82) is 0 Å². The summed E-state index contributed by atoms with van der Waals surface area (Å²) in [5, 5.41) is 14.2. The summed E-state index contributed by atoms with van der Waals surface area (Å²) in [6, 6.07) is 13.2. The van der Waals surface area contributed by atoms with Crippen molar-refractivity contribution in [2.45, 2.75) is 12.8 Å². The number of hydrogen-bond acceptors (Lipinski definition) is 5. The Balaban J connectivity index is 1.49. The number of likely N-dealkylation sites (tertiary alicyclic amines) is 1. The number of benzene rings is 2. The summed E-state index contributed by atoms with van der Waals surface area (Å²) in [6.45, 7) is 0.541. The third-order valence-corrected chi connectivity index (χ3v) is 4.96. The molecular formula is C20H20ClN3O5. The molecular weight excluding hydrogens is 398 g/mol. The maximum Gasteiger partial charge on any atom is 0.312 e. The molecule has 0 saturated carbocycles. The van der Waals surface area contributed by atoms with Crippen LogP contribution in [0.5, 0.6) is 5.75 Å². The van der Waals surface area contributed by atoms with Crippen molar-refractivity contribution >= 4 is 34.8 Å². The molecule has 0 aromatic heterocycles. The Labute approximate surface area is 172 Å². The lowest BCUT2D eigenvalue weighted by Gasteiger charge is -2.31. The van der Waals surface area contributed by atoms with Gasteiger partial charge in [0.25, 0.3) is 5.91 Å². The first kappa shape index (κ1) is 20.6. The molecule has 152 valence electrons. The molecule has 0 bridgehead atoms. The predicted molar refractivity (Wildman–Crippen MR) is 108 cm³/mol. The Bertz CT molecular complexity index is 898. The van der Waals surface area contributed by atoms with Crippen LogP contribution in [0.1, 0.15) is 12.8 Å². The fraction of sp³-hybridized carbons (Fsp3) is 0.300. The fourth-order valence-electron chi connectivity index (χ4n) is 3.14. The highest BCUT2D eigenvalue weighted by molar-refractivity contribution is 6.30. The van der Waals surface area contributed by atoms with E-state index in [1.807, 2.05) is 30.3 Å². The first-order valence-electron chi connectivity index (χ1n) is 9.14. The quantitative estimate of drug-likeness (QED) is 0.572. The van der Waals surface area contributed by atoms with Gasteiger partial charge in [0.15, 0.2) is 12.4 Å². The lowest BCUT2D eigenvalue weighted by Crippen LogP contribution is -2.43. The zero-order valence-electron chi connectivity index (χ0n) is 15.5. The average molecular weight is 418 g/mol. The SMILES string of the molecule is O=C(Nc1ccccc1)C1CCN(C(=O)COc2ccc(Cl)cc2[N+](=O)[O-])CC1. The van der Waals surface area contributed by atoms with E-state index in [-0.39, 0.29) is 40.8 Å². The van der Waals surface area contributed by atoms with Gasteiger partial charge in [0, 0.05) is 35.8 Å². The van der Waals surface area contributed by atoms with E-state index in [0.29, 0.717) is 25.9 Å². The number of rotatable bonds is 6. The Morgan fingerprint density at radius 1 is 1.17 bits per heavy atom. The third kappa shape index (κ3) is 5.45. The van der Waals surface area contributed by atoms with E-state index in [0.717, 1.165) is 5.69 Å². The third-order valence-electron chi connectivity index (χ3n) is 4.73. The number of halogens is 1. The van der Waals surface area contributed by atoms with E-state index in [1.165, 1.54) is 18.2 Å². The largest absolute Gasteiger partial charge is 0.477 e. The van der Waals surface area contributed by atoms with Gasteiger partial charge in [-0.1, -0.05) is 29.8 Å². The van der Waals surface area contributed by atoms with Gasteiger partial charge in [-0.3, -0.25) is 19.7 Å². The van der Waals surface area contributed by atoms with Crippen molar-refractivity contribution in [3.05, 3.63) is 63.7 Å². The van der Waals surface area contributed by atoms with Crippen LogP contribution in [-0.2, 0) is 9.59 Å². The van der Waals surface area contributed by atoms with Crippen molar-refractivity contribution in [2.75, 3.05) is 25.0 Å². The van der Waals surface area contributed by atoms with Crippen LogP contribution in [0.25, 0.3) is 0 Å². The van der Waals surface area contributed by atoms with Gasteiger partial charge < -0.3 is 15.0 Å². The van der Waals surface area contributed by atoms with E-state index in [2.05, 4.69) is 5.32 Å². The molecule has 1 saturated heterocycles. The molecule has 9 heteroatoms. The first-order valence-corrected chi connectivity index (χ1v) is 9.52. The molecule has 0 atom stereocenters. The molecule has 1 heterocycles. The molecule has 1 fully saturated rings. The van der Waals surface area contributed by atoms with Gasteiger partial charge in [0.1, 0.15) is 0 Å². The smallest absolute Gasteiger partial charge is 0.312 e. The minimum atomic E-state index is -0.609. The number of para-hydroxylation sites is 1. The number of nitro groups is 1. The van der Waals surface area contributed by atoms with Crippen LogP contribution in [-0.4, -0.2) is 41.3 Å². The van der Waals surface area contributed by atoms with E-state index >= 15 is 0 Å². The fourth-order valence-corrected chi connectivity index (χ4v) is 3.31. The Morgan fingerprint density at radius 2 is 1.86 bits per heavy atom. The second-order valence-electron chi connectivity index (χ2n) is 6.67. The minimum Gasteiger partial charge on any atom is -0.477 e. The number of ether oxygens (including phenoxy) is 1. The van der Waals surface area contributed by atoms with E-state index in [9.17, 15) is 19.7 Å². The Kier molecular flexibility index (Phi) is 6.66. The van der Waals surface area contributed by atoms with Crippen molar-refractivity contribution < 1.29 is 19.2 Å². The molecule has 29 heavy (non-hydrogen) atoms. The molecule has 1 N–H and O–H groups in total. The zero-order chi connectivity index (χ0) is 20.8. The summed E-state index contributed by atoms with van der Waals surface area (Å²) < 4.78 is 5.35. The Hall–Kier alpha value is -3.13. The summed E-state index contributed by atoms with van der Waals surface area (Å²) in [5.74, 6) is -0.519. The van der Waals surface area contributed by atoms with Crippen LogP contribution in [0.2, 0.25) is 5.02 Å². The van der Waals surface area contributed by atoms with E-state index in [4.69, 9.17) is 16.3 Å². The van der Waals surface area contributed by atoms with Crippen LogP contribution in [0.3, 0.4) is 0 Å². The van der Waals surface area contributed by atoms with Crippen LogP contribution in [0.15, 0.2) is 48.5 Å². The predicted octanol–water partition coefficient (Wildman–Crippen LogP) is 3.50. The van der Waals surface area contributed by atoms with E-state index < -0.39 is 4.92 Å². The maximum atomic E-state index is 12.4. The summed E-state index contributed by atoms with van der Waals surface area (Å²) in [6.07, 6.45) is 1.09. The molecule has 2 amide bonds. The number of hydrogen-bond donors (Lipinski definition) is 1. The normalized spacial score (nSPS) is 14.3.